The van der Waals surface area contributed by atoms with Crippen LogP contribution in [0.25, 0.3) is 16.8 Å². The van der Waals surface area contributed by atoms with Crippen LogP contribution in [0.2, 0.25) is 5.02 Å². The fourth-order valence-electron chi connectivity index (χ4n) is 4.06. The summed E-state index contributed by atoms with van der Waals surface area (Å²) in [6.45, 7) is 13.1. The van der Waals surface area contributed by atoms with Crippen LogP contribution in [0.5, 0.6) is 0 Å². The van der Waals surface area contributed by atoms with Crippen LogP contribution >= 0.6 is 11.6 Å². The Morgan fingerprint density at radius 2 is 1.94 bits per heavy atom. The first-order valence-electron chi connectivity index (χ1n) is 11.5. The third-order valence-electron chi connectivity index (χ3n) is 6.10. The summed E-state index contributed by atoms with van der Waals surface area (Å²) < 4.78 is 0. The van der Waals surface area contributed by atoms with Crippen molar-refractivity contribution in [2.24, 2.45) is 0 Å². The number of unbranched alkanes of at least 4 members (excludes halogenated alkanes) is 2. The molecule has 0 saturated heterocycles. The van der Waals surface area contributed by atoms with Crippen LogP contribution in [0.1, 0.15) is 80.5 Å². The van der Waals surface area contributed by atoms with Gasteiger partial charge in [0.05, 0.1) is 11.9 Å². The molecule has 1 unspecified atom stereocenters. The van der Waals surface area contributed by atoms with Crippen molar-refractivity contribution in [1.29, 1.82) is 0 Å². The topological polar surface area (TPSA) is 28.7 Å². The van der Waals surface area contributed by atoms with Crippen molar-refractivity contribution in [2.75, 3.05) is 0 Å². The maximum atomic E-state index is 6.41. The van der Waals surface area contributed by atoms with Crippen molar-refractivity contribution >= 4 is 17.2 Å². The molecule has 0 spiro atoms. The van der Waals surface area contributed by atoms with E-state index in [1.807, 2.05) is 18.3 Å². The molecule has 31 heavy (non-hydrogen) atoms. The lowest BCUT2D eigenvalue weighted by Crippen LogP contribution is -2.03. The zero-order valence-corrected chi connectivity index (χ0v) is 20.1. The Hall–Kier alpha value is -2.32. The SMILES string of the molecule is C=C(CC)c1cc(C(C)Cc2ncc(-c3cc(C)ccc3Cl)[nH]2)ccc1CCCCC. The van der Waals surface area contributed by atoms with Crippen LogP contribution in [-0.2, 0) is 12.8 Å². The molecule has 164 valence electrons. The quantitative estimate of drug-likeness (QED) is 0.318. The van der Waals surface area contributed by atoms with Crippen LogP contribution in [0.4, 0.5) is 0 Å². The highest BCUT2D eigenvalue weighted by Crippen LogP contribution is 2.30. The molecule has 0 fully saturated rings. The number of allylic oxidation sites excluding steroid dienone is 1. The molecule has 0 radical (unpaired) electrons. The maximum Gasteiger partial charge on any atom is 0.107 e. The summed E-state index contributed by atoms with van der Waals surface area (Å²) >= 11 is 6.41. The highest BCUT2D eigenvalue weighted by atomic mass is 35.5. The van der Waals surface area contributed by atoms with Crippen LogP contribution in [0, 0.1) is 6.92 Å². The zero-order chi connectivity index (χ0) is 22.4. The van der Waals surface area contributed by atoms with Gasteiger partial charge < -0.3 is 4.98 Å². The predicted molar refractivity (Wildman–Crippen MR) is 135 cm³/mol. The Balaban J connectivity index is 1.78. The van der Waals surface area contributed by atoms with Crippen molar-refractivity contribution < 1.29 is 0 Å². The minimum Gasteiger partial charge on any atom is -0.342 e. The summed E-state index contributed by atoms with van der Waals surface area (Å²) in [6.07, 6.45) is 8.64. The molecular formula is C28H35ClN2. The number of rotatable bonds is 10. The van der Waals surface area contributed by atoms with Gasteiger partial charge in [-0.3, -0.25) is 0 Å². The van der Waals surface area contributed by atoms with Gasteiger partial charge in [-0.2, -0.15) is 0 Å². The Labute approximate surface area is 192 Å². The highest BCUT2D eigenvalue weighted by molar-refractivity contribution is 6.33. The number of hydrogen-bond acceptors (Lipinski definition) is 1. The largest absolute Gasteiger partial charge is 0.342 e. The number of nitrogens with zero attached hydrogens (tertiary/aromatic N) is 1. The summed E-state index contributed by atoms with van der Waals surface area (Å²) in [6, 6.07) is 13.0. The van der Waals surface area contributed by atoms with E-state index in [9.17, 15) is 0 Å². The number of benzene rings is 2. The Morgan fingerprint density at radius 1 is 1.13 bits per heavy atom. The summed E-state index contributed by atoms with van der Waals surface area (Å²) in [4.78, 5) is 8.12. The molecule has 0 aliphatic carbocycles. The molecule has 1 heterocycles. The second-order valence-corrected chi connectivity index (χ2v) is 9.07. The zero-order valence-electron chi connectivity index (χ0n) is 19.4. The average molecular weight is 435 g/mol. The first-order chi connectivity index (χ1) is 14.9. The van der Waals surface area contributed by atoms with E-state index in [2.05, 4.69) is 68.5 Å². The van der Waals surface area contributed by atoms with E-state index in [0.29, 0.717) is 5.92 Å². The monoisotopic (exact) mass is 434 g/mol. The fourth-order valence-corrected chi connectivity index (χ4v) is 4.28. The fraction of sp³-hybridized carbons (Fsp3) is 0.393. The molecule has 1 atom stereocenters. The normalized spacial score (nSPS) is 12.2. The van der Waals surface area contributed by atoms with Gasteiger partial charge in [0.25, 0.3) is 0 Å². The van der Waals surface area contributed by atoms with Crippen LogP contribution < -0.4 is 0 Å². The standard InChI is InChI=1S/C28H35ClN2/c1-6-8-9-10-22-12-13-23(17-24(22)20(4)7-2)21(5)16-28-30-18-27(31-28)25-15-19(3)11-14-26(25)29/h11-15,17-18,21H,4,6-10,16H2,1-3,5H3,(H,30,31). The van der Waals surface area contributed by atoms with Gasteiger partial charge >= 0.3 is 0 Å². The minimum atomic E-state index is 0.361. The first kappa shape index (κ1) is 23.3. The smallest absolute Gasteiger partial charge is 0.107 e. The van der Waals surface area contributed by atoms with Crippen LogP contribution in [-0.4, -0.2) is 9.97 Å². The second-order valence-electron chi connectivity index (χ2n) is 8.66. The predicted octanol–water partition coefficient (Wildman–Crippen LogP) is 8.54. The highest BCUT2D eigenvalue weighted by Gasteiger charge is 2.14. The lowest BCUT2D eigenvalue weighted by molar-refractivity contribution is 0.711. The van der Waals surface area contributed by atoms with Crippen molar-refractivity contribution in [2.45, 2.75) is 72.1 Å². The van der Waals surface area contributed by atoms with Crippen molar-refractivity contribution in [3.05, 3.63) is 82.3 Å². The van der Waals surface area contributed by atoms with Gasteiger partial charge in [0.2, 0.25) is 0 Å². The Kier molecular flexibility index (Phi) is 8.15. The molecular weight excluding hydrogens is 400 g/mol. The maximum absolute atomic E-state index is 6.41. The lowest BCUT2D eigenvalue weighted by Gasteiger charge is -2.17. The number of imidazole rings is 1. The second kappa shape index (κ2) is 10.8. The van der Waals surface area contributed by atoms with Gasteiger partial charge in [-0.1, -0.05) is 81.6 Å². The molecule has 3 rings (SSSR count). The molecule has 2 aromatic carbocycles. The minimum absolute atomic E-state index is 0.361. The molecule has 0 saturated carbocycles. The summed E-state index contributed by atoms with van der Waals surface area (Å²) in [5, 5.41) is 0.746. The molecule has 1 aromatic heterocycles. The molecule has 1 N–H and O–H groups in total. The summed E-state index contributed by atoms with van der Waals surface area (Å²) in [5.74, 6) is 1.35. The summed E-state index contributed by atoms with van der Waals surface area (Å²) in [5.41, 5.74) is 8.52. The van der Waals surface area contributed by atoms with E-state index in [1.165, 1.54) is 47.1 Å². The number of nitrogens with one attached hydrogen (secondary N) is 1. The third kappa shape index (κ3) is 5.89. The number of aromatic nitrogens is 2. The number of halogens is 1. The van der Waals surface area contributed by atoms with Crippen molar-refractivity contribution in [1.82, 2.24) is 9.97 Å². The average Bonchev–Trinajstić information content (AvgIpc) is 3.23. The van der Waals surface area contributed by atoms with Gasteiger partial charge in [0.15, 0.2) is 0 Å². The number of hydrogen-bond donors (Lipinski definition) is 1. The molecule has 0 aliphatic rings. The van der Waals surface area contributed by atoms with Gasteiger partial charge in [0, 0.05) is 17.0 Å². The number of aromatic amines is 1. The molecule has 3 aromatic rings. The molecule has 0 bridgehead atoms. The summed E-state index contributed by atoms with van der Waals surface area (Å²) in [7, 11) is 0. The van der Waals surface area contributed by atoms with E-state index in [4.69, 9.17) is 11.6 Å². The van der Waals surface area contributed by atoms with E-state index < -0.39 is 0 Å². The van der Waals surface area contributed by atoms with Crippen LogP contribution in [0.3, 0.4) is 0 Å². The molecule has 0 aliphatic heterocycles. The Morgan fingerprint density at radius 3 is 2.68 bits per heavy atom. The van der Waals surface area contributed by atoms with E-state index >= 15 is 0 Å². The van der Waals surface area contributed by atoms with Gasteiger partial charge in [-0.25, -0.2) is 4.98 Å². The van der Waals surface area contributed by atoms with E-state index in [1.54, 1.807) is 0 Å². The molecule has 0 amide bonds. The van der Waals surface area contributed by atoms with E-state index in [-0.39, 0.29) is 0 Å². The van der Waals surface area contributed by atoms with Crippen LogP contribution in [0.15, 0.2) is 49.2 Å². The molecule has 3 heteroatoms. The van der Waals surface area contributed by atoms with Gasteiger partial charge in [0.1, 0.15) is 5.82 Å². The lowest BCUT2D eigenvalue weighted by atomic mass is 9.89. The number of H-pyrrole nitrogens is 1. The van der Waals surface area contributed by atoms with Crippen molar-refractivity contribution in [3.63, 3.8) is 0 Å². The van der Waals surface area contributed by atoms with Gasteiger partial charge in [-0.05, 0) is 66.5 Å². The first-order valence-corrected chi connectivity index (χ1v) is 11.9. The Bertz CT molecular complexity index is 1030. The van der Waals surface area contributed by atoms with Gasteiger partial charge in [-0.15, -0.1) is 0 Å². The third-order valence-corrected chi connectivity index (χ3v) is 6.43. The molecule has 2 nitrogen and oxygen atoms in total. The number of aryl methyl sites for hydroxylation is 2. The van der Waals surface area contributed by atoms with E-state index in [0.717, 1.165) is 41.4 Å². The van der Waals surface area contributed by atoms with Crippen molar-refractivity contribution in [3.8, 4) is 11.3 Å².